The molecular weight excluding hydrogens is 563 g/mol. The summed E-state index contributed by atoms with van der Waals surface area (Å²) < 4.78 is 41.0. The van der Waals surface area contributed by atoms with Gasteiger partial charge < -0.3 is 31.9 Å². The second kappa shape index (κ2) is 14.6. The summed E-state index contributed by atoms with van der Waals surface area (Å²) in [5.74, 6) is -1.98. The van der Waals surface area contributed by atoms with Gasteiger partial charge in [0.25, 0.3) is 0 Å². The van der Waals surface area contributed by atoms with Crippen LogP contribution in [-0.4, -0.2) is 38.5 Å². The molecule has 0 atom stereocenters. The van der Waals surface area contributed by atoms with Crippen LogP contribution in [0, 0.1) is 0 Å². The van der Waals surface area contributed by atoms with Gasteiger partial charge in [-0.2, -0.15) is 0 Å². The van der Waals surface area contributed by atoms with Gasteiger partial charge in [0, 0.05) is 30.1 Å². The first-order valence-corrected chi connectivity index (χ1v) is 13.1. The Kier molecular flexibility index (Phi) is 11.0. The molecule has 0 aliphatic carbocycles. The first-order chi connectivity index (χ1) is 19.4. The van der Waals surface area contributed by atoms with Crippen LogP contribution in [0.15, 0.2) is 66.3 Å². The number of allylic oxidation sites excluding steroid dienone is 3. The van der Waals surface area contributed by atoms with Crippen molar-refractivity contribution < 1.29 is 32.6 Å². The smallest absolute Gasteiger partial charge is 0.508 e. The van der Waals surface area contributed by atoms with Crippen LogP contribution in [0.3, 0.4) is 0 Å². The lowest BCUT2D eigenvalue weighted by Gasteiger charge is -2.11. The predicted octanol–water partition coefficient (Wildman–Crippen LogP) is 3.43. The van der Waals surface area contributed by atoms with Crippen LogP contribution in [0.2, 0.25) is 0 Å². The normalized spacial score (nSPS) is 12.2. The zero-order valence-corrected chi connectivity index (χ0v) is 22.5. The first-order valence-electron chi connectivity index (χ1n) is 12.3. The van der Waals surface area contributed by atoms with Gasteiger partial charge in [-0.1, -0.05) is 17.4 Å². The maximum absolute atomic E-state index is 12.4. The Labute approximate surface area is 237 Å². The molecule has 2 aromatic heterocycles. The van der Waals surface area contributed by atoms with Crippen molar-refractivity contribution in [2.45, 2.75) is 44.9 Å². The van der Waals surface area contributed by atoms with Crippen LogP contribution in [0.5, 0.6) is 11.5 Å². The molecule has 0 unspecified atom stereocenters. The number of aromatic hydroxyl groups is 1. The van der Waals surface area contributed by atoms with Crippen LogP contribution in [0.1, 0.15) is 35.5 Å². The Morgan fingerprint density at radius 3 is 2.59 bits per heavy atom. The number of aryl methyl sites for hydroxylation is 1. The predicted molar refractivity (Wildman–Crippen MR) is 145 cm³/mol. The number of aromatic nitrogens is 3. The summed E-state index contributed by atoms with van der Waals surface area (Å²) in [5, 5.41) is 24.0. The lowest BCUT2D eigenvalue weighted by atomic mass is 10.1. The van der Waals surface area contributed by atoms with E-state index >= 15 is 0 Å². The molecule has 11 nitrogen and oxygen atoms in total. The second-order valence-electron chi connectivity index (χ2n) is 8.73. The molecule has 0 radical (unpaired) electrons. The molecule has 0 saturated carbocycles. The third kappa shape index (κ3) is 11.9. The molecule has 2 heterocycles. The topological polar surface area (TPSA) is 178 Å². The summed E-state index contributed by atoms with van der Waals surface area (Å²) in [6, 6.07) is 8.27. The lowest BCUT2D eigenvalue weighted by Crippen LogP contribution is -2.28. The molecule has 0 bridgehead atoms. The van der Waals surface area contributed by atoms with Crippen LogP contribution >= 0.6 is 11.3 Å². The van der Waals surface area contributed by atoms with E-state index < -0.39 is 23.8 Å². The second-order valence-corrected chi connectivity index (χ2v) is 9.79. The Balaban J connectivity index is 1.38. The Hall–Kier alpha value is -4.66. The fraction of sp³-hybridized carbons (Fsp3) is 0.269. The molecule has 2 amide bonds. The van der Waals surface area contributed by atoms with Gasteiger partial charge in [0.2, 0.25) is 16.9 Å². The van der Waals surface area contributed by atoms with Gasteiger partial charge in [-0.15, -0.1) is 23.4 Å². The summed E-state index contributed by atoms with van der Waals surface area (Å²) in [6.45, 7) is 0. The highest BCUT2D eigenvalue weighted by molar-refractivity contribution is 7.15. The summed E-state index contributed by atoms with van der Waals surface area (Å²) >= 11 is 1.30. The molecule has 3 rings (SSSR count). The van der Waals surface area contributed by atoms with E-state index in [1.54, 1.807) is 24.4 Å². The monoisotopic (exact) mass is 591 g/mol. The van der Waals surface area contributed by atoms with Crippen molar-refractivity contribution >= 4 is 28.3 Å². The number of nitrogens with one attached hydrogen (secondary N) is 2. The fourth-order valence-corrected chi connectivity index (χ4v) is 4.29. The molecule has 218 valence electrons. The molecule has 41 heavy (non-hydrogen) atoms. The van der Waals surface area contributed by atoms with E-state index in [1.165, 1.54) is 17.4 Å². The van der Waals surface area contributed by atoms with Gasteiger partial charge in [0.05, 0.1) is 12.8 Å². The number of phenolic OH excluding ortho intramolecular Hbond substituents is 1. The van der Waals surface area contributed by atoms with Gasteiger partial charge in [0.15, 0.2) is 0 Å². The number of phenols is 1. The summed E-state index contributed by atoms with van der Waals surface area (Å²) in [7, 11) is 0. The first kappa shape index (κ1) is 30.9. The van der Waals surface area contributed by atoms with Crippen LogP contribution in [0.4, 0.5) is 18.3 Å². The average Bonchev–Trinajstić information content (AvgIpc) is 3.31. The number of benzene rings is 1. The number of anilines is 1. The molecule has 0 aliphatic heterocycles. The van der Waals surface area contributed by atoms with Crippen molar-refractivity contribution in [3.8, 4) is 11.5 Å². The average molecular weight is 592 g/mol. The molecular formula is C26H28F3N7O4S. The number of unbranched alkanes of at least 4 members (excludes halogenated alkanes) is 1. The van der Waals surface area contributed by atoms with Crippen molar-refractivity contribution in [2.75, 3.05) is 5.32 Å². The SMILES string of the molecule is N/C(=C\C=C(/N)NC(=O)Cc1cc(O)cc(OC(F)(F)F)c1)CCCCc1nnc(NC(=O)Cc2ccccn2)s1. The van der Waals surface area contributed by atoms with Crippen LogP contribution < -0.4 is 26.8 Å². The molecule has 15 heteroatoms. The van der Waals surface area contributed by atoms with E-state index in [0.29, 0.717) is 29.4 Å². The summed E-state index contributed by atoms with van der Waals surface area (Å²) in [6.07, 6.45) is 2.13. The molecule has 7 N–H and O–H groups in total. The number of alkyl halides is 3. The van der Waals surface area contributed by atoms with E-state index in [0.717, 1.165) is 36.0 Å². The Bertz CT molecular complexity index is 1400. The molecule has 0 saturated heterocycles. The van der Waals surface area contributed by atoms with E-state index in [9.17, 15) is 27.9 Å². The van der Waals surface area contributed by atoms with E-state index in [4.69, 9.17) is 11.5 Å². The summed E-state index contributed by atoms with van der Waals surface area (Å²) in [4.78, 5) is 28.4. The van der Waals surface area contributed by atoms with E-state index in [-0.39, 0.29) is 30.1 Å². The number of hydrogen-bond donors (Lipinski definition) is 5. The maximum Gasteiger partial charge on any atom is 0.573 e. The minimum atomic E-state index is -4.94. The van der Waals surface area contributed by atoms with Gasteiger partial charge in [-0.05, 0) is 61.2 Å². The fourth-order valence-electron chi connectivity index (χ4n) is 3.49. The van der Waals surface area contributed by atoms with E-state index in [2.05, 4.69) is 30.6 Å². The van der Waals surface area contributed by atoms with Crippen molar-refractivity contribution in [1.82, 2.24) is 20.5 Å². The highest BCUT2D eigenvalue weighted by Crippen LogP contribution is 2.27. The Morgan fingerprint density at radius 2 is 1.85 bits per heavy atom. The molecule has 0 fully saturated rings. The molecule has 3 aromatic rings. The lowest BCUT2D eigenvalue weighted by molar-refractivity contribution is -0.274. The number of carbonyl (C=O) groups excluding carboxylic acids is 2. The number of amides is 2. The molecule has 0 aliphatic rings. The minimum Gasteiger partial charge on any atom is -0.508 e. The quantitative estimate of drug-likeness (QED) is 0.147. The number of halogens is 3. The Morgan fingerprint density at radius 1 is 1.05 bits per heavy atom. The van der Waals surface area contributed by atoms with Crippen molar-refractivity contribution in [1.29, 1.82) is 0 Å². The minimum absolute atomic E-state index is 0.0173. The number of hydrogen-bond acceptors (Lipinski definition) is 10. The standard InChI is InChI=1S/C26H28F3N7O4S/c27-26(28,29)40-20-12-16(11-19(37)15-20)13-22(38)33-21(31)9-8-17(30)5-1-2-7-24-35-36-25(41-24)34-23(39)14-18-6-3-4-10-32-18/h3-4,6,8-12,15,37H,1-2,5,7,13-14,30-31H2,(H,33,38)(H,34,36,39)/b17-8-,21-9+. The number of nitrogens with zero attached hydrogens (tertiary/aromatic N) is 3. The highest BCUT2D eigenvalue weighted by atomic mass is 32.1. The van der Waals surface area contributed by atoms with Gasteiger partial charge in [-0.3, -0.25) is 14.6 Å². The zero-order valence-electron chi connectivity index (χ0n) is 21.6. The largest absolute Gasteiger partial charge is 0.573 e. The van der Waals surface area contributed by atoms with Crippen molar-refractivity contribution in [3.63, 3.8) is 0 Å². The van der Waals surface area contributed by atoms with Gasteiger partial charge in [0.1, 0.15) is 22.3 Å². The van der Waals surface area contributed by atoms with Gasteiger partial charge in [-0.25, -0.2) is 0 Å². The number of rotatable bonds is 13. The van der Waals surface area contributed by atoms with Crippen molar-refractivity contribution in [3.05, 3.63) is 82.5 Å². The number of ether oxygens (including phenoxy) is 1. The van der Waals surface area contributed by atoms with E-state index in [1.807, 2.05) is 6.07 Å². The highest BCUT2D eigenvalue weighted by Gasteiger charge is 2.31. The van der Waals surface area contributed by atoms with Crippen LogP contribution in [-0.2, 0) is 28.9 Å². The molecule has 0 spiro atoms. The number of nitrogens with two attached hydrogens (primary N) is 2. The third-order valence-corrected chi connectivity index (χ3v) is 6.10. The van der Waals surface area contributed by atoms with Gasteiger partial charge >= 0.3 is 6.36 Å². The zero-order chi connectivity index (χ0) is 29.8. The maximum atomic E-state index is 12.4. The van der Waals surface area contributed by atoms with Crippen LogP contribution in [0.25, 0.3) is 0 Å². The molecule has 1 aromatic carbocycles. The number of pyridine rings is 1. The van der Waals surface area contributed by atoms with Crippen molar-refractivity contribution in [2.24, 2.45) is 11.5 Å². The third-order valence-electron chi connectivity index (χ3n) is 5.20. The summed E-state index contributed by atoms with van der Waals surface area (Å²) in [5.41, 5.74) is 13.1. The number of carbonyl (C=O) groups is 2.